The molecule has 21 heavy (non-hydrogen) atoms. The smallest absolute Gasteiger partial charge is 0.358 e. The molecule has 114 valence electrons. The molecule has 10 heteroatoms. The van der Waals surface area contributed by atoms with Crippen LogP contribution in [0.4, 0.5) is 0 Å². The van der Waals surface area contributed by atoms with Crippen molar-refractivity contribution in [3.05, 3.63) is 27.4 Å². The number of rotatable bonds is 5. The molecule has 1 aromatic rings. The van der Waals surface area contributed by atoms with E-state index < -0.39 is 17.7 Å². The number of hydrogen-bond donors (Lipinski definition) is 2. The lowest BCUT2D eigenvalue weighted by atomic mass is 10.0. The SMILES string of the molecule is COCC(=O)c1c(I)c(C(=O)O)c(I)c(C(=O)ON)c1I. The Morgan fingerprint density at radius 1 is 1.05 bits per heavy atom. The molecule has 1 aromatic carbocycles. The monoisotopic (exact) mass is 631 g/mol. The summed E-state index contributed by atoms with van der Waals surface area (Å²) in [6, 6.07) is 0. The second kappa shape index (κ2) is 7.98. The molecule has 0 fully saturated rings. The highest BCUT2D eigenvalue weighted by Gasteiger charge is 2.30. The lowest BCUT2D eigenvalue weighted by Crippen LogP contribution is -2.22. The van der Waals surface area contributed by atoms with Crippen molar-refractivity contribution in [3.8, 4) is 0 Å². The Hall–Kier alpha value is -0.0600. The Balaban J connectivity index is 3.80. The van der Waals surface area contributed by atoms with Crippen molar-refractivity contribution in [2.45, 2.75) is 0 Å². The zero-order valence-electron chi connectivity index (χ0n) is 10.4. The van der Waals surface area contributed by atoms with Crippen LogP contribution < -0.4 is 5.90 Å². The lowest BCUT2D eigenvalue weighted by Gasteiger charge is -2.15. The molecule has 0 aromatic heterocycles. The number of benzene rings is 1. The number of carboxylic acid groups (broad SMARTS) is 1. The molecule has 0 bridgehead atoms. The number of aromatic carboxylic acids is 1. The van der Waals surface area contributed by atoms with Crippen LogP contribution in [0.5, 0.6) is 0 Å². The fraction of sp³-hybridized carbons (Fsp3) is 0.182. The maximum Gasteiger partial charge on any atom is 0.358 e. The molecule has 0 amide bonds. The summed E-state index contributed by atoms with van der Waals surface area (Å²) in [5.74, 6) is 2.28. The van der Waals surface area contributed by atoms with E-state index in [2.05, 4.69) is 4.84 Å². The van der Waals surface area contributed by atoms with Gasteiger partial charge in [0, 0.05) is 23.4 Å². The first kappa shape index (κ1) is 19.0. The van der Waals surface area contributed by atoms with E-state index in [4.69, 9.17) is 10.6 Å². The summed E-state index contributed by atoms with van der Waals surface area (Å²) < 4.78 is 5.47. The molecule has 0 aliphatic heterocycles. The van der Waals surface area contributed by atoms with Crippen LogP contribution in [-0.4, -0.2) is 36.5 Å². The van der Waals surface area contributed by atoms with Gasteiger partial charge in [-0.25, -0.2) is 9.59 Å². The van der Waals surface area contributed by atoms with Crippen molar-refractivity contribution in [2.24, 2.45) is 5.90 Å². The fourth-order valence-electron chi connectivity index (χ4n) is 1.54. The number of ketones is 1. The van der Waals surface area contributed by atoms with Gasteiger partial charge in [-0.1, -0.05) is 0 Å². The number of carboxylic acids is 1. The van der Waals surface area contributed by atoms with E-state index in [0.29, 0.717) is 0 Å². The number of carbonyl (C=O) groups excluding carboxylic acids is 2. The van der Waals surface area contributed by atoms with Gasteiger partial charge >= 0.3 is 11.9 Å². The minimum absolute atomic E-state index is 0.0454. The van der Waals surface area contributed by atoms with Crippen molar-refractivity contribution in [3.63, 3.8) is 0 Å². The van der Waals surface area contributed by atoms with E-state index in [0.717, 1.165) is 0 Å². The Morgan fingerprint density at radius 3 is 1.95 bits per heavy atom. The third-order valence-corrected chi connectivity index (χ3v) is 5.63. The van der Waals surface area contributed by atoms with E-state index in [1.54, 1.807) is 67.8 Å². The van der Waals surface area contributed by atoms with E-state index in [9.17, 15) is 19.5 Å². The van der Waals surface area contributed by atoms with Crippen molar-refractivity contribution < 1.29 is 29.1 Å². The molecule has 0 saturated carbocycles. The Morgan fingerprint density at radius 2 is 1.52 bits per heavy atom. The second-order valence-electron chi connectivity index (χ2n) is 3.63. The Kier molecular flexibility index (Phi) is 7.21. The molecule has 3 N–H and O–H groups in total. The van der Waals surface area contributed by atoms with Crippen LogP contribution in [0, 0.1) is 10.7 Å². The molecule has 1 rings (SSSR count). The van der Waals surface area contributed by atoms with Gasteiger partial charge in [0.15, 0.2) is 5.78 Å². The molecule has 0 unspecified atom stereocenters. The highest BCUT2D eigenvalue weighted by atomic mass is 127. The summed E-state index contributed by atoms with van der Waals surface area (Å²) in [5, 5.41) is 9.31. The van der Waals surface area contributed by atoms with Gasteiger partial charge in [-0.15, -0.1) is 0 Å². The van der Waals surface area contributed by atoms with Crippen molar-refractivity contribution in [1.82, 2.24) is 0 Å². The number of methoxy groups -OCH3 is 1. The molecule has 0 atom stereocenters. The number of nitrogens with two attached hydrogens (primary N) is 1. The summed E-state index contributed by atoms with van der Waals surface area (Å²) in [4.78, 5) is 39.5. The first-order valence-corrected chi connectivity index (χ1v) is 8.38. The minimum atomic E-state index is -1.25. The molecule has 0 saturated heterocycles. The number of hydrogen-bond acceptors (Lipinski definition) is 6. The maximum absolute atomic E-state index is 12.1. The number of ether oxygens (including phenoxy) is 1. The summed E-state index contributed by atoms with van der Waals surface area (Å²) in [5.41, 5.74) is -0.0799. The van der Waals surface area contributed by atoms with Crippen LogP contribution in [0.2, 0.25) is 0 Å². The second-order valence-corrected chi connectivity index (χ2v) is 6.87. The van der Waals surface area contributed by atoms with E-state index in [-0.39, 0.29) is 34.0 Å². The third-order valence-electron chi connectivity index (χ3n) is 2.40. The molecule has 7 nitrogen and oxygen atoms in total. The van der Waals surface area contributed by atoms with Crippen LogP contribution in [0.25, 0.3) is 0 Å². The summed E-state index contributed by atoms with van der Waals surface area (Å²) >= 11 is 5.27. The zero-order chi connectivity index (χ0) is 16.3. The Labute approximate surface area is 160 Å². The minimum Gasteiger partial charge on any atom is -0.478 e. The van der Waals surface area contributed by atoms with Gasteiger partial charge in [0.25, 0.3) is 0 Å². The van der Waals surface area contributed by atoms with E-state index in [1.807, 2.05) is 0 Å². The third kappa shape index (κ3) is 3.83. The summed E-state index contributed by atoms with van der Waals surface area (Å²) in [6.45, 7) is -0.233. The maximum atomic E-state index is 12.1. The van der Waals surface area contributed by atoms with Crippen LogP contribution in [0.15, 0.2) is 0 Å². The average Bonchev–Trinajstić information content (AvgIpc) is 2.37. The van der Waals surface area contributed by atoms with Crippen LogP contribution in [-0.2, 0) is 9.57 Å². The van der Waals surface area contributed by atoms with Gasteiger partial charge in [-0.2, -0.15) is 5.90 Å². The van der Waals surface area contributed by atoms with E-state index in [1.165, 1.54) is 7.11 Å². The van der Waals surface area contributed by atoms with Crippen LogP contribution >= 0.6 is 67.8 Å². The van der Waals surface area contributed by atoms with Gasteiger partial charge in [0.05, 0.1) is 11.1 Å². The summed E-state index contributed by atoms with van der Waals surface area (Å²) in [7, 11) is 1.34. The number of Topliss-reactive ketones (excluding diaryl/α,β-unsaturated/α-hetero) is 1. The molecule has 0 radical (unpaired) electrons. The molecule has 0 aliphatic rings. The van der Waals surface area contributed by atoms with Gasteiger partial charge < -0.3 is 14.7 Å². The van der Waals surface area contributed by atoms with Gasteiger partial charge in [0.1, 0.15) is 6.61 Å². The van der Waals surface area contributed by atoms with Gasteiger partial charge in [-0.3, -0.25) is 4.79 Å². The first-order valence-electron chi connectivity index (χ1n) is 5.14. The largest absolute Gasteiger partial charge is 0.478 e. The molecular formula is C11H8I3NO6. The molecule has 0 spiro atoms. The molecule has 0 heterocycles. The highest BCUT2D eigenvalue weighted by molar-refractivity contribution is 14.1. The normalized spacial score (nSPS) is 10.3. The quantitative estimate of drug-likeness (QED) is 0.291. The summed E-state index contributed by atoms with van der Waals surface area (Å²) in [6.07, 6.45) is 0. The molecular weight excluding hydrogens is 623 g/mol. The lowest BCUT2D eigenvalue weighted by molar-refractivity contribution is 0.0500. The van der Waals surface area contributed by atoms with Crippen LogP contribution in [0.1, 0.15) is 31.1 Å². The van der Waals surface area contributed by atoms with Gasteiger partial charge in [-0.05, 0) is 67.8 Å². The Bertz CT molecular complexity index is 631. The highest BCUT2D eigenvalue weighted by Crippen LogP contribution is 2.32. The number of halogens is 3. The van der Waals surface area contributed by atoms with Crippen LogP contribution in [0.3, 0.4) is 0 Å². The predicted octanol–water partition coefficient (Wildman–Crippen LogP) is 2.06. The fourth-order valence-corrected chi connectivity index (χ4v) is 6.21. The molecule has 0 aliphatic carbocycles. The first-order chi connectivity index (χ1) is 9.77. The predicted molar refractivity (Wildman–Crippen MR) is 97.4 cm³/mol. The number of carbonyl (C=O) groups is 3. The average molecular weight is 631 g/mol. The topological polar surface area (TPSA) is 116 Å². The zero-order valence-corrected chi connectivity index (χ0v) is 16.9. The van der Waals surface area contributed by atoms with Crippen molar-refractivity contribution in [1.29, 1.82) is 0 Å². The van der Waals surface area contributed by atoms with Crippen molar-refractivity contribution >= 4 is 85.5 Å². The van der Waals surface area contributed by atoms with E-state index >= 15 is 0 Å². The standard InChI is InChI=1S/C11H8I3NO6/c1-20-2-3(16)4-7(12)5(10(17)18)9(14)6(8(4)13)11(19)21-15/h2,15H2,1H3,(H,17,18). The van der Waals surface area contributed by atoms with Gasteiger partial charge in [0.2, 0.25) is 0 Å². The van der Waals surface area contributed by atoms with Crippen molar-refractivity contribution in [2.75, 3.05) is 13.7 Å².